The van der Waals surface area contributed by atoms with Crippen molar-refractivity contribution in [3.05, 3.63) is 34.9 Å². The van der Waals surface area contributed by atoms with Gasteiger partial charge in [0, 0.05) is 30.6 Å². The van der Waals surface area contributed by atoms with E-state index in [0.29, 0.717) is 44.1 Å². The summed E-state index contributed by atoms with van der Waals surface area (Å²) in [5, 5.41) is 3.57. The van der Waals surface area contributed by atoms with Gasteiger partial charge in [0.25, 0.3) is 0 Å². The zero-order valence-electron chi connectivity index (χ0n) is 12.7. The lowest BCUT2D eigenvalue weighted by atomic mass is 9.96. The van der Waals surface area contributed by atoms with Gasteiger partial charge in [-0.25, -0.2) is 4.79 Å². The van der Waals surface area contributed by atoms with Crippen molar-refractivity contribution in [2.45, 2.75) is 26.3 Å². The SMILES string of the molecule is CCOC(=O)N1CCC(C(=O)NCc2ccccc2Cl)CC1. The first-order chi connectivity index (χ1) is 10.6. The Morgan fingerprint density at radius 3 is 2.64 bits per heavy atom. The summed E-state index contributed by atoms with van der Waals surface area (Å²) in [5.74, 6) is -0.0448. The predicted octanol–water partition coefficient (Wildman–Crippen LogP) is 2.82. The van der Waals surface area contributed by atoms with Crippen LogP contribution in [0.2, 0.25) is 5.02 Å². The van der Waals surface area contributed by atoms with E-state index in [9.17, 15) is 9.59 Å². The molecule has 1 N–H and O–H groups in total. The zero-order chi connectivity index (χ0) is 15.9. The van der Waals surface area contributed by atoms with E-state index in [1.54, 1.807) is 17.9 Å². The Balaban J connectivity index is 1.78. The lowest BCUT2D eigenvalue weighted by molar-refractivity contribution is -0.126. The topological polar surface area (TPSA) is 58.6 Å². The van der Waals surface area contributed by atoms with E-state index in [1.807, 2.05) is 18.2 Å². The number of halogens is 1. The van der Waals surface area contributed by atoms with E-state index in [4.69, 9.17) is 16.3 Å². The van der Waals surface area contributed by atoms with E-state index >= 15 is 0 Å². The molecule has 22 heavy (non-hydrogen) atoms. The van der Waals surface area contributed by atoms with Gasteiger partial charge in [-0.05, 0) is 31.4 Å². The van der Waals surface area contributed by atoms with Crippen LogP contribution in [0.4, 0.5) is 4.79 Å². The largest absolute Gasteiger partial charge is 0.450 e. The van der Waals surface area contributed by atoms with E-state index < -0.39 is 0 Å². The fourth-order valence-corrected chi connectivity index (χ4v) is 2.71. The van der Waals surface area contributed by atoms with Crippen molar-refractivity contribution in [1.82, 2.24) is 10.2 Å². The molecule has 0 radical (unpaired) electrons. The van der Waals surface area contributed by atoms with Gasteiger partial charge in [-0.3, -0.25) is 4.79 Å². The maximum atomic E-state index is 12.2. The van der Waals surface area contributed by atoms with E-state index in [2.05, 4.69) is 5.32 Å². The number of nitrogens with one attached hydrogen (secondary N) is 1. The number of rotatable bonds is 4. The van der Waals surface area contributed by atoms with Crippen LogP contribution in [0, 0.1) is 5.92 Å². The lowest BCUT2D eigenvalue weighted by Gasteiger charge is -2.30. The second-order valence-electron chi connectivity index (χ2n) is 5.27. The summed E-state index contributed by atoms with van der Waals surface area (Å²) in [6.45, 7) is 3.70. The summed E-state index contributed by atoms with van der Waals surface area (Å²) in [6, 6.07) is 7.46. The molecule has 1 fully saturated rings. The Hall–Kier alpha value is -1.75. The maximum Gasteiger partial charge on any atom is 0.409 e. The van der Waals surface area contributed by atoms with Gasteiger partial charge in [-0.2, -0.15) is 0 Å². The Morgan fingerprint density at radius 1 is 1.32 bits per heavy atom. The first kappa shape index (κ1) is 16.6. The van der Waals surface area contributed by atoms with Crippen LogP contribution in [-0.2, 0) is 16.1 Å². The molecule has 1 heterocycles. The van der Waals surface area contributed by atoms with Crippen molar-refractivity contribution in [2.24, 2.45) is 5.92 Å². The highest BCUT2D eigenvalue weighted by Crippen LogP contribution is 2.19. The molecule has 1 aromatic carbocycles. The molecule has 0 unspecified atom stereocenters. The highest BCUT2D eigenvalue weighted by atomic mass is 35.5. The van der Waals surface area contributed by atoms with Gasteiger partial charge in [0.2, 0.25) is 5.91 Å². The van der Waals surface area contributed by atoms with Crippen LogP contribution in [0.25, 0.3) is 0 Å². The smallest absolute Gasteiger partial charge is 0.409 e. The third-order valence-corrected chi connectivity index (χ3v) is 4.17. The minimum Gasteiger partial charge on any atom is -0.450 e. The molecule has 1 aliphatic heterocycles. The number of nitrogens with zero attached hydrogens (tertiary/aromatic N) is 1. The van der Waals surface area contributed by atoms with Crippen LogP contribution in [0.3, 0.4) is 0 Å². The fraction of sp³-hybridized carbons (Fsp3) is 0.500. The molecule has 2 rings (SSSR count). The van der Waals surface area contributed by atoms with Crippen molar-refractivity contribution in [1.29, 1.82) is 0 Å². The quantitative estimate of drug-likeness (QED) is 0.926. The summed E-state index contributed by atoms with van der Waals surface area (Å²) in [5.41, 5.74) is 0.904. The molecule has 0 atom stereocenters. The second kappa shape index (κ2) is 8.03. The molecule has 1 aromatic rings. The normalized spacial score (nSPS) is 15.5. The van der Waals surface area contributed by atoms with Crippen LogP contribution >= 0.6 is 11.6 Å². The van der Waals surface area contributed by atoms with E-state index in [0.717, 1.165) is 5.56 Å². The van der Waals surface area contributed by atoms with E-state index in [-0.39, 0.29) is 17.9 Å². The van der Waals surface area contributed by atoms with Crippen molar-refractivity contribution in [3.63, 3.8) is 0 Å². The zero-order valence-corrected chi connectivity index (χ0v) is 13.4. The molecule has 0 spiro atoms. The number of amides is 2. The number of ether oxygens (including phenoxy) is 1. The van der Waals surface area contributed by atoms with Gasteiger partial charge in [0.05, 0.1) is 6.61 Å². The van der Waals surface area contributed by atoms with Crippen molar-refractivity contribution in [2.75, 3.05) is 19.7 Å². The number of hydrogen-bond acceptors (Lipinski definition) is 3. The molecule has 0 aliphatic carbocycles. The summed E-state index contributed by atoms with van der Waals surface area (Å²) in [7, 11) is 0. The summed E-state index contributed by atoms with van der Waals surface area (Å²) >= 11 is 6.07. The fourth-order valence-electron chi connectivity index (χ4n) is 2.51. The first-order valence-corrected chi connectivity index (χ1v) is 7.92. The number of carbonyl (C=O) groups is 2. The third-order valence-electron chi connectivity index (χ3n) is 3.80. The molecule has 5 nitrogen and oxygen atoms in total. The molecule has 1 aliphatic rings. The van der Waals surface area contributed by atoms with Crippen LogP contribution in [0.15, 0.2) is 24.3 Å². The average Bonchev–Trinajstić information content (AvgIpc) is 2.54. The summed E-state index contributed by atoms with van der Waals surface area (Å²) in [6.07, 6.45) is 1.03. The molecular formula is C16H21ClN2O3. The highest BCUT2D eigenvalue weighted by molar-refractivity contribution is 6.31. The van der Waals surface area contributed by atoms with Gasteiger partial charge < -0.3 is 15.0 Å². The Morgan fingerprint density at radius 2 is 2.00 bits per heavy atom. The van der Waals surface area contributed by atoms with Crippen LogP contribution < -0.4 is 5.32 Å². The monoisotopic (exact) mass is 324 g/mol. The van der Waals surface area contributed by atoms with Gasteiger partial charge in [-0.1, -0.05) is 29.8 Å². The van der Waals surface area contributed by atoms with Gasteiger partial charge in [-0.15, -0.1) is 0 Å². The standard InChI is InChI=1S/C16H21ClN2O3/c1-2-22-16(21)19-9-7-12(8-10-19)15(20)18-11-13-5-3-4-6-14(13)17/h3-6,12H,2,7-11H2,1H3,(H,18,20). The summed E-state index contributed by atoms with van der Waals surface area (Å²) < 4.78 is 4.97. The van der Waals surface area contributed by atoms with Crippen molar-refractivity contribution in [3.8, 4) is 0 Å². The Labute approximate surface area is 135 Å². The number of benzene rings is 1. The molecule has 1 saturated heterocycles. The molecule has 0 saturated carbocycles. The van der Waals surface area contributed by atoms with Gasteiger partial charge in [0.1, 0.15) is 0 Å². The number of hydrogen-bond donors (Lipinski definition) is 1. The maximum absolute atomic E-state index is 12.2. The van der Waals surface area contributed by atoms with Crippen LogP contribution in [-0.4, -0.2) is 36.6 Å². The Bertz CT molecular complexity index is 528. The summed E-state index contributed by atoms with van der Waals surface area (Å²) in [4.78, 5) is 25.5. The minimum absolute atomic E-state index is 0.0171. The number of piperidine rings is 1. The molecule has 0 bridgehead atoms. The van der Waals surface area contributed by atoms with Crippen molar-refractivity contribution >= 4 is 23.6 Å². The molecule has 120 valence electrons. The Kier molecular flexibility index (Phi) is 6.07. The molecular weight excluding hydrogens is 304 g/mol. The van der Waals surface area contributed by atoms with Gasteiger partial charge >= 0.3 is 6.09 Å². The lowest BCUT2D eigenvalue weighted by Crippen LogP contribution is -2.43. The molecule has 0 aromatic heterocycles. The van der Waals surface area contributed by atoms with E-state index in [1.165, 1.54) is 0 Å². The van der Waals surface area contributed by atoms with Crippen LogP contribution in [0.5, 0.6) is 0 Å². The first-order valence-electron chi connectivity index (χ1n) is 7.54. The predicted molar refractivity (Wildman–Crippen MR) is 84.6 cm³/mol. The minimum atomic E-state index is -0.294. The third kappa shape index (κ3) is 4.37. The second-order valence-corrected chi connectivity index (χ2v) is 5.68. The van der Waals surface area contributed by atoms with Crippen molar-refractivity contribution < 1.29 is 14.3 Å². The van der Waals surface area contributed by atoms with Crippen LogP contribution in [0.1, 0.15) is 25.3 Å². The number of carbonyl (C=O) groups excluding carboxylic acids is 2. The van der Waals surface area contributed by atoms with Gasteiger partial charge in [0.15, 0.2) is 0 Å². The average molecular weight is 325 g/mol. The molecule has 6 heteroatoms. The highest BCUT2D eigenvalue weighted by Gasteiger charge is 2.27. The number of likely N-dealkylation sites (tertiary alicyclic amines) is 1. The molecule has 2 amide bonds.